The Hall–Kier alpha value is -1.21. The van der Waals surface area contributed by atoms with Crippen LogP contribution in [-0.2, 0) is 0 Å². The van der Waals surface area contributed by atoms with E-state index in [2.05, 4.69) is 23.5 Å². The van der Waals surface area contributed by atoms with Crippen molar-refractivity contribution in [1.29, 1.82) is 5.26 Å². The molecule has 1 aromatic rings. The lowest BCUT2D eigenvalue weighted by molar-refractivity contribution is 0.699. The van der Waals surface area contributed by atoms with E-state index in [0.717, 1.165) is 18.1 Å². The van der Waals surface area contributed by atoms with E-state index in [1.165, 1.54) is 0 Å². The average Bonchev–Trinajstić information content (AvgIpc) is 2.27. The first-order valence-corrected chi connectivity index (χ1v) is 6.25. The van der Waals surface area contributed by atoms with Gasteiger partial charge in [0.05, 0.1) is 0 Å². The maximum atomic E-state index is 8.68. The number of aromatic nitrogens is 1. The topological polar surface area (TPSA) is 48.7 Å². The van der Waals surface area contributed by atoms with Crippen molar-refractivity contribution in [2.75, 3.05) is 23.9 Å². The molecule has 0 bridgehead atoms. The lowest BCUT2D eigenvalue weighted by Crippen LogP contribution is -2.14. The Bertz CT molecular complexity index is 346. The van der Waals surface area contributed by atoms with E-state index in [0.29, 0.717) is 11.6 Å². The Morgan fingerprint density at radius 2 is 2.40 bits per heavy atom. The Morgan fingerprint density at radius 1 is 1.60 bits per heavy atom. The molecule has 1 rings (SSSR count). The van der Waals surface area contributed by atoms with Gasteiger partial charge in [-0.05, 0) is 30.1 Å². The van der Waals surface area contributed by atoms with Crippen LogP contribution in [0.4, 0.5) is 5.82 Å². The molecular weight excluding hydrogens is 206 g/mol. The zero-order valence-corrected chi connectivity index (χ0v) is 9.84. The number of anilines is 1. The van der Waals surface area contributed by atoms with Crippen molar-refractivity contribution in [2.45, 2.75) is 6.92 Å². The molecule has 1 atom stereocenters. The third-order valence-electron chi connectivity index (χ3n) is 1.95. The summed E-state index contributed by atoms with van der Waals surface area (Å²) in [5, 5.41) is 11.9. The minimum absolute atomic E-state index is 0.456. The number of pyridine rings is 1. The number of nitrogens with one attached hydrogen (secondary N) is 1. The van der Waals surface area contributed by atoms with Gasteiger partial charge in [-0.3, -0.25) is 0 Å². The summed E-state index contributed by atoms with van der Waals surface area (Å²) in [6, 6.07) is 7.45. The third kappa shape index (κ3) is 4.22. The summed E-state index contributed by atoms with van der Waals surface area (Å²) in [7, 11) is 0. The molecule has 80 valence electrons. The monoisotopic (exact) mass is 221 g/mol. The molecule has 1 unspecified atom stereocenters. The fourth-order valence-corrected chi connectivity index (χ4v) is 1.90. The summed E-state index contributed by atoms with van der Waals surface area (Å²) in [6.45, 7) is 3.08. The van der Waals surface area contributed by atoms with Crippen LogP contribution < -0.4 is 5.32 Å². The van der Waals surface area contributed by atoms with E-state index in [9.17, 15) is 0 Å². The highest BCUT2D eigenvalue weighted by atomic mass is 32.2. The summed E-state index contributed by atoms with van der Waals surface area (Å²) in [5.74, 6) is 2.51. The number of rotatable bonds is 5. The highest BCUT2D eigenvalue weighted by molar-refractivity contribution is 7.98. The summed E-state index contributed by atoms with van der Waals surface area (Å²) in [4.78, 5) is 4.14. The molecule has 0 aromatic carbocycles. The van der Waals surface area contributed by atoms with Crippen molar-refractivity contribution >= 4 is 17.6 Å². The van der Waals surface area contributed by atoms with E-state index in [1.54, 1.807) is 6.07 Å². The molecule has 0 aliphatic carbocycles. The predicted molar refractivity (Wildman–Crippen MR) is 65.0 cm³/mol. The first-order valence-electron chi connectivity index (χ1n) is 4.86. The van der Waals surface area contributed by atoms with Crippen LogP contribution in [0.15, 0.2) is 18.2 Å². The first-order chi connectivity index (χ1) is 7.26. The molecule has 4 heteroatoms. The van der Waals surface area contributed by atoms with Crippen molar-refractivity contribution in [3.63, 3.8) is 0 Å². The first kappa shape index (κ1) is 11.9. The summed E-state index contributed by atoms with van der Waals surface area (Å²) >= 11 is 1.84. The second-order valence-corrected chi connectivity index (χ2v) is 4.37. The zero-order valence-electron chi connectivity index (χ0n) is 9.03. The molecule has 0 aliphatic heterocycles. The molecule has 0 saturated heterocycles. The van der Waals surface area contributed by atoms with Crippen LogP contribution in [0.1, 0.15) is 12.6 Å². The summed E-state index contributed by atoms with van der Waals surface area (Å²) in [6.07, 6.45) is 2.10. The van der Waals surface area contributed by atoms with Gasteiger partial charge in [0.1, 0.15) is 17.6 Å². The SMILES string of the molecule is CSCC(C)CNc1cccc(C#N)n1. The number of nitriles is 1. The fraction of sp³-hybridized carbons (Fsp3) is 0.455. The van der Waals surface area contributed by atoms with Gasteiger partial charge in [-0.1, -0.05) is 13.0 Å². The van der Waals surface area contributed by atoms with Gasteiger partial charge in [0, 0.05) is 6.54 Å². The molecule has 15 heavy (non-hydrogen) atoms. The molecule has 0 fully saturated rings. The van der Waals surface area contributed by atoms with Crippen LogP contribution in [-0.4, -0.2) is 23.5 Å². The average molecular weight is 221 g/mol. The van der Waals surface area contributed by atoms with Gasteiger partial charge in [-0.25, -0.2) is 4.98 Å². The number of hydrogen-bond acceptors (Lipinski definition) is 4. The van der Waals surface area contributed by atoms with Gasteiger partial charge in [-0.2, -0.15) is 17.0 Å². The van der Waals surface area contributed by atoms with Gasteiger partial charge >= 0.3 is 0 Å². The van der Waals surface area contributed by atoms with Crippen LogP contribution in [0, 0.1) is 17.2 Å². The van der Waals surface area contributed by atoms with E-state index in [1.807, 2.05) is 30.0 Å². The van der Waals surface area contributed by atoms with Crippen molar-refractivity contribution < 1.29 is 0 Å². The third-order valence-corrected chi connectivity index (χ3v) is 2.85. The molecule has 1 N–H and O–H groups in total. The standard InChI is InChI=1S/C11H15N3S/c1-9(8-15-2)7-13-11-5-3-4-10(6-12)14-11/h3-5,9H,7-8H2,1-2H3,(H,13,14). The quantitative estimate of drug-likeness (QED) is 0.829. The zero-order chi connectivity index (χ0) is 11.1. The Kier molecular flexibility index (Phi) is 4.99. The van der Waals surface area contributed by atoms with Crippen molar-refractivity contribution in [1.82, 2.24) is 4.98 Å². The maximum Gasteiger partial charge on any atom is 0.142 e. The van der Waals surface area contributed by atoms with Gasteiger partial charge in [-0.15, -0.1) is 0 Å². The largest absolute Gasteiger partial charge is 0.370 e. The lowest BCUT2D eigenvalue weighted by Gasteiger charge is -2.11. The van der Waals surface area contributed by atoms with Crippen molar-refractivity contribution in [2.24, 2.45) is 5.92 Å². The van der Waals surface area contributed by atoms with E-state index < -0.39 is 0 Å². The highest BCUT2D eigenvalue weighted by Gasteiger charge is 2.01. The van der Waals surface area contributed by atoms with Gasteiger partial charge < -0.3 is 5.32 Å². The van der Waals surface area contributed by atoms with Crippen molar-refractivity contribution in [3.8, 4) is 6.07 Å². The molecule has 0 saturated carbocycles. The second-order valence-electron chi connectivity index (χ2n) is 3.46. The highest BCUT2D eigenvalue weighted by Crippen LogP contribution is 2.08. The molecule has 0 radical (unpaired) electrons. The molecule has 0 amide bonds. The molecule has 1 heterocycles. The van der Waals surface area contributed by atoms with Crippen LogP contribution in [0.2, 0.25) is 0 Å². The predicted octanol–water partition coefficient (Wildman–Crippen LogP) is 2.36. The molecule has 3 nitrogen and oxygen atoms in total. The van der Waals surface area contributed by atoms with E-state index >= 15 is 0 Å². The summed E-state index contributed by atoms with van der Waals surface area (Å²) < 4.78 is 0. The second kappa shape index (κ2) is 6.31. The fourth-order valence-electron chi connectivity index (χ4n) is 1.22. The van der Waals surface area contributed by atoms with Crippen LogP contribution in [0.3, 0.4) is 0 Å². The minimum atomic E-state index is 0.456. The Labute approximate surface area is 94.9 Å². The smallest absolute Gasteiger partial charge is 0.142 e. The lowest BCUT2D eigenvalue weighted by atomic mass is 10.2. The normalized spacial score (nSPS) is 11.8. The molecule has 0 aliphatic rings. The Balaban J connectivity index is 2.47. The molecular formula is C11H15N3S. The number of thioether (sulfide) groups is 1. The van der Waals surface area contributed by atoms with Gasteiger partial charge in [0.15, 0.2) is 0 Å². The van der Waals surface area contributed by atoms with Crippen LogP contribution in [0.5, 0.6) is 0 Å². The van der Waals surface area contributed by atoms with Gasteiger partial charge in [0.25, 0.3) is 0 Å². The van der Waals surface area contributed by atoms with E-state index in [4.69, 9.17) is 5.26 Å². The maximum absolute atomic E-state index is 8.68. The minimum Gasteiger partial charge on any atom is -0.370 e. The molecule has 1 aromatic heterocycles. The van der Waals surface area contributed by atoms with Crippen molar-refractivity contribution in [3.05, 3.63) is 23.9 Å². The number of nitrogens with zero attached hydrogens (tertiary/aromatic N) is 2. The molecule has 0 spiro atoms. The summed E-state index contributed by atoms with van der Waals surface area (Å²) in [5.41, 5.74) is 0.456. The van der Waals surface area contributed by atoms with Crippen LogP contribution in [0.25, 0.3) is 0 Å². The van der Waals surface area contributed by atoms with Crippen LogP contribution >= 0.6 is 11.8 Å². The number of hydrogen-bond donors (Lipinski definition) is 1. The Morgan fingerprint density at radius 3 is 3.07 bits per heavy atom. The van der Waals surface area contributed by atoms with Gasteiger partial charge in [0.2, 0.25) is 0 Å². The van der Waals surface area contributed by atoms with E-state index in [-0.39, 0.29) is 0 Å².